The number of sulfonamides is 1. The standard InChI is InChI=1S/C25H31ClF4N4O7S2/c1-15(2)13-33(5)43(38,39)31-12-17-14-34(42(36,37)18-7-8-20(27)19(26)11-18)21-10-16(6-9-22(21)40-17)32-23(35)41-24(3,4)25(28,29)30/h6-11,15,17,31H,12-14H2,1-5H3,(H,32,35)/t17-/m0/s1. The Bertz CT molecular complexity index is 1570. The van der Waals surface area contributed by atoms with E-state index in [-0.39, 0.29) is 36.1 Å². The third kappa shape index (κ3) is 8.20. The number of nitrogens with one attached hydrogen (secondary N) is 2. The van der Waals surface area contributed by atoms with Crippen LogP contribution in [0.5, 0.6) is 5.75 Å². The van der Waals surface area contributed by atoms with Crippen molar-refractivity contribution in [2.45, 2.75) is 50.5 Å². The topological polar surface area (TPSA) is 134 Å². The Morgan fingerprint density at radius 3 is 2.40 bits per heavy atom. The number of hydrogen-bond donors (Lipinski definition) is 2. The van der Waals surface area contributed by atoms with Gasteiger partial charge in [-0.25, -0.2) is 17.6 Å². The van der Waals surface area contributed by atoms with E-state index >= 15 is 0 Å². The third-order valence-electron chi connectivity index (χ3n) is 6.17. The fourth-order valence-electron chi connectivity index (χ4n) is 3.84. The lowest BCUT2D eigenvalue weighted by molar-refractivity contribution is -0.242. The van der Waals surface area contributed by atoms with Crippen LogP contribution < -0.4 is 19.1 Å². The van der Waals surface area contributed by atoms with Crippen LogP contribution in [0.2, 0.25) is 5.02 Å². The Kier molecular flexibility index (Phi) is 10.2. The van der Waals surface area contributed by atoms with Gasteiger partial charge >= 0.3 is 12.3 Å². The van der Waals surface area contributed by atoms with Crippen molar-refractivity contribution in [3.63, 3.8) is 0 Å². The van der Waals surface area contributed by atoms with Crippen molar-refractivity contribution < 1.29 is 48.7 Å². The molecule has 0 unspecified atom stereocenters. The van der Waals surface area contributed by atoms with Gasteiger partial charge < -0.3 is 9.47 Å². The molecule has 3 rings (SSSR count). The first kappa shape index (κ1) is 34.6. The number of amides is 1. The summed E-state index contributed by atoms with van der Waals surface area (Å²) in [4.78, 5) is 11.8. The molecule has 0 spiro atoms. The number of carbonyl (C=O) groups is 1. The van der Waals surface area contributed by atoms with Gasteiger partial charge in [0.05, 0.1) is 28.7 Å². The van der Waals surface area contributed by atoms with Gasteiger partial charge in [-0.1, -0.05) is 25.4 Å². The van der Waals surface area contributed by atoms with Crippen LogP contribution in [0.1, 0.15) is 27.7 Å². The molecule has 240 valence electrons. The summed E-state index contributed by atoms with van der Waals surface area (Å²) in [5.41, 5.74) is -3.11. The third-order valence-corrected chi connectivity index (χ3v) is 9.74. The van der Waals surface area contributed by atoms with Crippen molar-refractivity contribution in [2.75, 3.05) is 36.3 Å². The lowest BCUT2D eigenvalue weighted by Crippen LogP contribution is -2.50. The highest BCUT2D eigenvalue weighted by molar-refractivity contribution is 7.92. The van der Waals surface area contributed by atoms with Gasteiger partial charge in [0, 0.05) is 19.3 Å². The van der Waals surface area contributed by atoms with E-state index in [0.717, 1.165) is 32.9 Å². The van der Waals surface area contributed by atoms with Crippen molar-refractivity contribution in [3.05, 3.63) is 47.2 Å². The second-order valence-electron chi connectivity index (χ2n) is 10.6. The summed E-state index contributed by atoms with van der Waals surface area (Å²) in [5.74, 6) is -0.896. The van der Waals surface area contributed by atoms with E-state index in [4.69, 9.17) is 16.3 Å². The van der Waals surface area contributed by atoms with E-state index in [1.54, 1.807) is 0 Å². The molecule has 0 bridgehead atoms. The van der Waals surface area contributed by atoms with Crippen LogP contribution >= 0.6 is 11.6 Å². The number of nitrogens with zero attached hydrogens (tertiary/aromatic N) is 2. The normalized spacial score (nSPS) is 16.2. The number of fused-ring (bicyclic) bond motifs is 1. The van der Waals surface area contributed by atoms with Crippen LogP contribution in [0.3, 0.4) is 0 Å². The van der Waals surface area contributed by atoms with Crippen molar-refractivity contribution in [2.24, 2.45) is 5.92 Å². The number of rotatable bonds is 10. The quantitative estimate of drug-likeness (QED) is 0.348. The maximum absolute atomic E-state index is 13.8. The van der Waals surface area contributed by atoms with E-state index in [1.807, 2.05) is 13.8 Å². The number of benzene rings is 2. The Balaban J connectivity index is 1.96. The zero-order chi connectivity index (χ0) is 32.5. The van der Waals surface area contributed by atoms with Crippen LogP contribution in [0.4, 0.5) is 33.7 Å². The maximum Gasteiger partial charge on any atom is 0.427 e. The molecule has 1 aliphatic rings. The van der Waals surface area contributed by atoms with Gasteiger partial charge in [-0.3, -0.25) is 9.62 Å². The second kappa shape index (κ2) is 12.6. The van der Waals surface area contributed by atoms with Crippen LogP contribution in [0, 0.1) is 11.7 Å². The Hall–Kier alpha value is -2.86. The average Bonchev–Trinajstić information content (AvgIpc) is 2.87. The number of anilines is 2. The summed E-state index contributed by atoms with van der Waals surface area (Å²) in [6, 6.07) is 6.30. The minimum Gasteiger partial charge on any atom is -0.485 e. The highest BCUT2D eigenvalue weighted by Crippen LogP contribution is 2.40. The monoisotopic (exact) mass is 674 g/mol. The maximum atomic E-state index is 13.8. The highest BCUT2D eigenvalue weighted by atomic mass is 35.5. The molecule has 1 amide bonds. The van der Waals surface area contributed by atoms with Crippen molar-refractivity contribution in [1.82, 2.24) is 9.03 Å². The predicted molar refractivity (Wildman–Crippen MR) is 151 cm³/mol. The molecule has 0 fully saturated rings. The van der Waals surface area contributed by atoms with Crippen molar-refractivity contribution >= 4 is 49.3 Å². The van der Waals surface area contributed by atoms with Gasteiger partial charge in [-0.05, 0) is 56.2 Å². The molecule has 2 aromatic carbocycles. The molecule has 1 aliphatic heterocycles. The largest absolute Gasteiger partial charge is 0.485 e. The van der Waals surface area contributed by atoms with Gasteiger partial charge in [0.2, 0.25) is 5.60 Å². The molecule has 1 atom stereocenters. The molecule has 0 saturated carbocycles. The van der Waals surface area contributed by atoms with E-state index in [0.29, 0.717) is 13.8 Å². The summed E-state index contributed by atoms with van der Waals surface area (Å²) >= 11 is 5.81. The zero-order valence-corrected chi connectivity index (χ0v) is 26.1. The summed E-state index contributed by atoms with van der Waals surface area (Å²) < 4.78 is 121. The Labute approximate surface area is 252 Å². The van der Waals surface area contributed by atoms with Gasteiger partial charge in [0.15, 0.2) is 0 Å². The summed E-state index contributed by atoms with van der Waals surface area (Å²) in [6.07, 6.45) is -7.39. The molecule has 0 saturated heterocycles. The molecule has 2 aromatic rings. The second-order valence-corrected chi connectivity index (χ2v) is 14.7. The Morgan fingerprint density at radius 2 is 1.81 bits per heavy atom. The molecular formula is C25H31ClF4N4O7S2. The molecule has 18 heteroatoms. The lowest BCUT2D eigenvalue weighted by atomic mass is 10.1. The van der Waals surface area contributed by atoms with E-state index in [9.17, 15) is 39.2 Å². The molecule has 0 radical (unpaired) electrons. The lowest BCUT2D eigenvalue weighted by Gasteiger charge is -2.36. The van der Waals surface area contributed by atoms with Crippen LogP contribution in [-0.2, 0) is 25.0 Å². The van der Waals surface area contributed by atoms with Gasteiger partial charge in [0.25, 0.3) is 20.2 Å². The number of halogens is 5. The van der Waals surface area contributed by atoms with Gasteiger partial charge in [-0.2, -0.15) is 30.6 Å². The number of ether oxygens (including phenoxy) is 2. The molecular weight excluding hydrogens is 644 g/mol. The summed E-state index contributed by atoms with van der Waals surface area (Å²) in [6.45, 7) is 4.40. The van der Waals surface area contributed by atoms with Crippen molar-refractivity contribution in [1.29, 1.82) is 0 Å². The average molecular weight is 675 g/mol. The first-order chi connectivity index (χ1) is 19.6. The first-order valence-electron chi connectivity index (χ1n) is 12.7. The van der Waals surface area contributed by atoms with E-state index in [1.165, 1.54) is 19.2 Å². The molecule has 43 heavy (non-hydrogen) atoms. The number of alkyl halides is 3. The molecule has 2 N–H and O–H groups in total. The summed E-state index contributed by atoms with van der Waals surface area (Å²) in [7, 11) is -7.09. The smallest absolute Gasteiger partial charge is 0.427 e. The fourth-order valence-corrected chi connectivity index (χ4v) is 6.72. The number of carbonyl (C=O) groups excluding carboxylic acids is 1. The van der Waals surface area contributed by atoms with Crippen LogP contribution in [0.15, 0.2) is 41.3 Å². The van der Waals surface area contributed by atoms with Gasteiger partial charge in [-0.15, -0.1) is 0 Å². The van der Waals surface area contributed by atoms with E-state index < -0.39 is 66.5 Å². The Morgan fingerprint density at radius 1 is 1.16 bits per heavy atom. The molecule has 11 nitrogen and oxygen atoms in total. The number of hydrogen-bond acceptors (Lipinski definition) is 7. The van der Waals surface area contributed by atoms with Crippen LogP contribution in [0.25, 0.3) is 0 Å². The van der Waals surface area contributed by atoms with Gasteiger partial charge in [0.1, 0.15) is 17.7 Å². The molecule has 0 aliphatic carbocycles. The zero-order valence-electron chi connectivity index (χ0n) is 23.7. The van der Waals surface area contributed by atoms with Crippen LogP contribution in [-0.4, -0.2) is 71.8 Å². The highest BCUT2D eigenvalue weighted by Gasteiger charge is 2.51. The molecule has 1 heterocycles. The minimum absolute atomic E-state index is 0.0298. The fraction of sp³-hybridized carbons (Fsp3) is 0.480. The molecule has 0 aromatic heterocycles. The summed E-state index contributed by atoms with van der Waals surface area (Å²) in [5, 5.41) is 1.65. The predicted octanol–water partition coefficient (Wildman–Crippen LogP) is 4.75. The van der Waals surface area contributed by atoms with Crippen molar-refractivity contribution in [3.8, 4) is 5.75 Å². The first-order valence-corrected chi connectivity index (χ1v) is 16.0. The minimum atomic E-state index is -4.87. The SMILES string of the molecule is CC(C)CN(C)S(=O)(=O)NC[C@H]1CN(S(=O)(=O)c2ccc(F)c(Cl)c2)c2cc(NC(=O)OC(C)(C)C(F)(F)F)ccc2O1. The van der Waals surface area contributed by atoms with E-state index in [2.05, 4.69) is 14.8 Å².